The molecule has 2 aromatic carbocycles. The lowest BCUT2D eigenvalue weighted by molar-refractivity contribution is -0.142. The number of imidazole rings is 1. The van der Waals surface area contributed by atoms with Gasteiger partial charge >= 0.3 is 6.09 Å². The first-order valence-electron chi connectivity index (χ1n) is 19.9. The smallest absolute Gasteiger partial charge is 0.407 e. The summed E-state index contributed by atoms with van der Waals surface area (Å²) in [5.41, 5.74) is 1.23. The Labute approximate surface area is 331 Å². The van der Waals surface area contributed by atoms with E-state index in [0.717, 1.165) is 43.2 Å². The Morgan fingerprint density at radius 2 is 1.55 bits per heavy atom. The minimum atomic E-state index is -1.06. The molecule has 0 radical (unpaired) electrons. The third kappa shape index (κ3) is 14.4. The molecule has 0 bridgehead atoms. The summed E-state index contributed by atoms with van der Waals surface area (Å²) in [5.74, 6) is -1.18. The molecule has 1 aliphatic rings. The highest BCUT2D eigenvalue weighted by atomic mass is 16.5. The van der Waals surface area contributed by atoms with Crippen LogP contribution in [-0.4, -0.2) is 91.8 Å². The maximum Gasteiger partial charge on any atom is 0.407 e. The molecule has 0 saturated heterocycles. The Hall–Kier alpha value is -4.75. The van der Waals surface area contributed by atoms with Crippen molar-refractivity contribution in [3.8, 4) is 0 Å². The number of aromatic amines is 1. The quantitative estimate of drug-likeness (QED) is 0.0943. The number of hydrogen-bond donors (Lipinski definition) is 6. The van der Waals surface area contributed by atoms with Crippen LogP contribution < -0.4 is 16.0 Å². The van der Waals surface area contributed by atoms with Gasteiger partial charge in [-0.15, -0.1) is 0 Å². The number of benzene rings is 2. The van der Waals surface area contributed by atoms with Crippen LogP contribution in [0.2, 0.25) is 0 Å². The van der Waals surface area contributed by atoms with E-state index in [2.05, 4.69) is 25.9 Å². The minimum absolute atomic E-state index is 0.0702. The van der Waals surface area contributed by atoms with Gasteiger partial charge in [0.1, 0.15) is 18.7 Å². The predicted octanol–water partition coefficient (Wildman–Crippen LogP) is 4.82. The molecule has 5 atom stereocenters. The van der Waals surface area contributed by atoms with Crippen molar-refractivity contribution in [1.82, 2.24) is 30.8 Å². The van der Waals surface area contributed by atoms with Crippen molar-refractivity contribution in [2.24, 2.45) is 11.8 Å². The normalized spacial score (nSPS) is 16.2. The van der Waals surface area contributed by atoms with Gasteiger partial charge in [0.05, 0.1) is 24.6 Å². The van der Waals surface area contributed by atoms with Crippen LogP contribution in [-0.2, 0) is 38.6 Å². The molecule has 0 spiro atoms. The number of nitrogens with zero attached hydrogens (tertiary/aromatic N) is 2. The summed E-state index contributed by atoms with van der Waals surface area (Å²) >= 11 is 0. The lowest BCUT2D eigenvalue weighted by Gasteiger charge is -2.35. The van der Waals surface area contributed by atoms with Crippen LogP contribution in [0.3, 0.4) is 0 Å². The lowest BCUT2D eigenvalue weighted by atomic mass is 9.82. The molecule has 13 nitrogen and oxygen atoms in total. The summed E-state index contributed by atoms with van der Waals surface area (Å²) in [5, 5.41) is 30.8. The summed E-state index contributed by atoms with van der Waals surface area (Å²) < 4.78 is 5.37. The number of alkyl carbamates (subject to hydrolysis) is 1. The van der Waals surface area contributed by atoms with Crippen molar-refractivity contribution in [3.05, 3.63) is 90.0 Å². The van der Waals surface area contributed by atoms with Crippen LogP contribution in [0.15, 0.2) is 73.2 Å². The standard InChI is InChI=1S/C43H62N6O7/c1-29(2)37(50)24-38(51)34(21-30-15-9-6-10-16-30)47-40(53)36(23-33-26-44-28-45-33)49(5)41(54)35(22-31-17-11-7-12-18-31)46-39(52)25-43(3,4)48-42(55)56-27-32-19-13-8-14-20-32/h7-8,11-14,17-20,26,28-30,34-38,50-51H,6,9-10,15-16,21-25,27H2,1-5H3,(H,44,45)(H,46,52)(H,47,53)(H,48,55)/t34-,35-,36-,37?,38?/m0/s1. The fourth-order valence-electron chi connectivity index (χ4n) is 7.24. The first kappa shape index (κ1) is 44.0. The number of nitrogens with one attached hydrogen (secondary N) is 4. The molecule has 1 fully saturated rings. The van der Waals surface area contributed by atoms with Crippen molar-refractivity contribution < 1.29 is 34.1 Å². The monoisotopic (exact) mass is 774 g/mol. The highest BCUT2D eigenvalue weighted by Gasteiger charge is 2.36. The molecule has 0 aliphatic heterocycles. The van der Waals surface area contributed by atoms with Crippen LogP contribution in [0.5, 0.6) is 0 Å². The predicted molar refractivity (Wildman–Crippen MR) is 214 cm³/mol. The zero-order valence-electron chi connectivity index (χ0n) is 33.6. The second kappa shape index (κ2) is 21.5. The van der Waals surface area contributed by atoms with Gasteiger partial charge in [0.2, 0.25) is 17.7 Å². The number of hydrogen-bond acceptors (Lipinski definition) is 8. The van der Waals surface area contributed by atoms with E-state index in [1.165, 1.54) is 18.3 Å². The molecule has 306 valence electrons. The van der Waals surface area contributed by atoms with Gasteiger partial charge in [-0.05, 0) is 43.2 Å². The number of ether oxygens (including phenoxy) is 1. The second-order valence-electron chi connectivity index (χ2n) is 16.3. The summed E-state index contributed by atoms with van der Waals surface area (Å²) in [7, 11) is 1.54. The van der Waals surface area contributed by atoms with Gasteiger partial charge in [0.15, 0.2) is 0 Å². The maximum absolute atomic E-state index is 14.5. The number of aromatic nitrogens is 2. The Kier molecular flexibility index (Phi) is 16.9. The van der Waals surface area contributed by atoms with Crippen molar-refractivity contribution in [3.63, 3.8) is 0 Å². The van der Waals surface area contributed by atoms with E-state index in [1.807, 2.05) is 74.5 Å². The van der Waals surface area contributed by atoms with Gasteiger partial charge in [-0.1, -0.05) is 107 Å². The molecular weight excluding hydrogens is 713 g/mol. The number of likely N-dealkylation sites (N-methyl/N-ethyl adjacent to an activating group) is 1. The highest BCUT2D eigenvalue weighted by Crippen LogP contribution is 2.29. The van der Waals surface area contributed by atoms with Crippen molar-refractivity contribution in [1.29, 1.82) is 0 Å². The number of H-pyrrole nitrogens is 1. The zero-order chi connectivity index (χ0) is 40.7. The first-order chi connectivity index (χ1) is 26.7. The third-order valence-corrected chi connectivity index (χ3v) is 10.6. The van der Waals surface area contributed by atoms with E-state index >= 15 is 0 Å². The minimum Gasteiger partial charge on any atom is -0.445 e. The van der Waals surface area contributed by atoms with Gasteiger partial charge in [0, 0.05) is 50.2 Å². The van der Waals surface area contributed by atoms with Gasteiger partial charge in [-0.25, -0.2) is 9.78 Å². The fraction of sp³-hybridized carbons (Fsp3) is 0.558. The zero-order valence-corrected chi connectivity index (χ0v) is 33.6. The number of aliphatic hydroxyl groups excluding tert-OH is 2. The summed E-state index contributed by atoms with van der Waals surface area (Å²) in [4.78, 5) is 63.7. The fourth-order valence-corrected chi connectivity index (χ4v) is 7.24. The molecule has 4 rings (SSSR count). The molecule has 3 aromatic rings. The molecule has 1 aromatic heterocycles. The van der Waals surface area contributed by atoms with Gasteiger partial charge in [0.25, 0.3) is 0 Å². The number of aliphatic hydroxyl groups is 2. The second-order valence-corrected chi connectivity index (χ2v) is 16.3. The Bertz CT molecular complexity index is 1650. The van der Waals surface area contributed by atoms with E-state index in [4.69, 9.17) is 4.74 Å². The number of carbonyl (C=O) groups excluding carboxylic acids is 4. The molecule has 1 heterocycles. The number of carbonyl (C=O) groups is 4. The van der Waals surface area contributed by atoms with Crippen molar-refractivity contribution in [2.45, 2.75) is 134 Å². The Morgan fingerprint density at radius 3 is 2.16 bits per heavy atom. The lowest BCUT2D eigenvalue weighted by Crippen LogP contribution is -2.58. The van der Waals surface area contributed by atoms with E-state index in [0.29, 0.717) is 18.0 Å². The highest BCUT2D eigenvalue weighted by molar-refractivity contribution is 5.92. The number of amides is 4. The topological polar surface area (TPSA) is 186 Å². The van der Waals surface area contributed by atoms with Crippen molar-refractivity contribution >= 4 is 23.8 Å². The first-order valence-corrected chi connectivity index (χ1v) is 19.9. The molecule has 56 heavy (non-hydrogen) atoms. The molecule has 2 unspecified atom stereocenters. The van der Waals surface area contributed by atoms with Gasteiger partial charge in [-0.3, -0.25) is 14.4 Å². The molecular formula is C43H62N6O7. The molecule has 1 saturated carbocycles. The average Bonchev–Trinajstić information content (AvgIpc) is 3.69. The van der Waals surface area contributed by atoms with E-state index in [1.54, 1.807) is 20.0 Å². The molecule has 6 N–H and O–H groups in total. The van der Waals surface area contributed by atoms with Gasteiger partial charge in [-0.2, -0.15) is 0 Å². The summed E-state index contributed by atoms with van der Waals surface area (Å²) in [6.07, 6.45) is 6.79. The Balaban J connectivity index is 1.52. The molecule has 4 amide bonds. The van der Waals surface area contributed by atoms with Crippen LogP contribution in [0.25, 0.3) is 0 Å². The molecule has 1 aliphatic carbocycles. The van der Waals surface area contributed by atoms with Crippen LogP contribution in [0, 0.1) is 11.8 Å². The third-order valence-electron chi connectivity index (χ3n) is 10.6. The summed E-state index contributed by atoms with van der Waals surface area (Å²) in [6, 6.07) is 15.8. The maximum atomic E-state index is 14.5. The molecule has 13 heteroatoms. The van der Waals surface area contributed by atoms with E-state index in [9.17, 15) is 29.4 Å². The van der Waals surface area contributed by atoms with E-state index < -0.39 is 59.7 Å². The van der Waals surface area contributed by atoms with Crippen LogP contribution in [0.4, 0.5) is 4.79 Å². The summed E-state index contributed by atoms with van der Waals surface area (Å²) in [6.45, 7) is 7.23. The van der Waals surface area contributed by atoms with Crippen molar-refractivity contribution in [2.75, 3.05) is 7.05 Å². The Morgan fingerprint density at radius 1 is 0.911 bits per heavy atom. The van der Waals surface area contributed by atoms with E-state index in [-0.39, 0.29) is 38.2 Å². The van der Waals surface area contributed by atoms with Crippen LogP contribution in [0.1, 0.15) is 95.9 Å². The number of rotatable bonds is 20. The average molecular weight is 775 g/mol. The SMILES string of the molecule is CC(C)C(O)CC(O)[C@H](CC1CCCCC1)NC(=O)[C@H](Cc1cnc[nH]1)N(C)C(=O)[C@H](Cc1ccccc1)NC(=O)CC(C)(C)NC(=O)OCc1ccccc1. The van der Waals surface area contributed by atoms with Crippen LogP contribution >= 0.6 is 0 Å². The largest absolute Gasteiger partial charge is 0.445 e. The van der Waals surface area contributed by atoms with Gasteiger partial charge < -0.3 is 40.8 Å².